The summed E-state index contributed by atoms with van der Waals surface area (Å²) in [5.41, 5.74) is 0.532. The minimum atomic E-state index is -0.510. The van der Waals surface area contributed by atoms with E-state index in [9.17, 15) is 14.4 Å². The fraction of sp³-hybridized carbons (Fsp3) is 0.389. The van der Waals surface area contributed by atoms with Gasteiger partial charge in [0.25, 0.3) is 0 Å². The van der Waals surface area contributed by atoms with Gasteiger partial charge in [-0.2, -0.15) is 0 Å². The van der Waals surface area contributed by atoms with Crippen LogP contribution in [-0.2, 0) is 25.7 Å². The van der Waals surface area contributed by atoms with E-state index in [0.717, 1.165) is 0 Å². The number of esters is 1. The molecule has 2 aliphatic rings. The average molecular weight is 382 g/mol. The first-order valence-electron chi connectivity index (χ1n) is 8.07. The summed E-state index contributed by atoms with van der Waals surface area (Å²) in [6.45, 7) is -0.00580. The number of allylic oxidation sites excluding steroid dienone is 2. The van der Waals surface area contributed by atoms with Crippen LogP contribution in [0.2, 0.25) is 10.0 Å². The molecule has 7 heteroatoms. The SMILES string of the molecule is O=C(CCN1C(=O)[C@H]2CC=CC[C@@H]2C1=O)OCc1c(Cl)cccc1Cl. The van der Waals surface area contributed by atoms with Crippen LogP contribution in [0, 0.1) is 11.8 Å². The molecule has 1 aliphatic carbocycles. The first-order chi connectivity index (χ1) is 12.0. The van der Waals surface area contributed by atoms with Crippen LogP contribution < -0.4 is 0 Å². The largest absolute Gasteiger partial charge is 0.461 e. The van der Waals surface area contributed by atoms with Crippen molar-refractivity contribution in [2.45, 2.75) is 25.9 Å². The standard InChI is InChI=1S/C18H17Cl2NO4/c19-14-6-3-7-15(20)13(14)10-25-16(22)8-9-21-17(23)11-4-1-2-5-12(11)18(21)24/h1-3,6-7,11-12H,4-5,8-10H2/t11-,12-/m0/s1. The fourth-order valence-corrected chi connectivity index (χ4v) is 3.69. The Kier molecular flexibility index (Phi) is 5.45. The van der Waals surface area contributed by atoms with Crippen LogP contribution in [0.5, 0.6) is 0 Å². The van der Waals surface area contributed by atoms with Crippen molar-refractivity contribution in [1.29, 1.82) is 0 Å². The second-order valence-corrected chi connectivity index (χ2v) is 6.91. The highest BCUT2D eigenvalue weighted by molar-refractivity contribution is 6.35. The van der Waals surface area contributed by atoms with Crippen molar-refractivity contribution in [3.8, 4) is 0 Å². The Morgan fingerprint density at radius 3 is 2.20 bits per heavy atom. The predicted molar refractivity (Wildman–Crippen MR) is 92.9 cm³/mol. The van der Waals surface area contributed by atoms with Gasteiger partial charge in [0.05, 0.1) is 18.3 Å². The lowest BCUT2D eigenvalue weighted by molar-refractivity contribution is -0.146. The molecule has 1 aromatic rings. The highest BCUT2D eigenvalue weighted by Crippen LogP contribution is 2.35. The summed E-state index contributed by atoms with van der Waals surface area (Å²) in [6, 6.07) is 5.02. The van der Waals surface area contributed by atoms with Crippen LogP contribution in [-0.4, -0.2) is 29.2 Å². The highest BCUT2D eigenvalue weighted by atomic mass is 35.5. The van der Waals surface area contributed by atoms with Gasteiger partial charge in [-0.1, -0.05) is 41.4 Å². The molecule has 1 saturated heterocycles. The summed E-state index contributed by atoms with van der Waals surface area (Å²) < 4.78 is 5.17. The highest BCUT2D eigenvalue weighted by Gasteiger charge is 2.46. The molecule has 0 saturated carbocycles. The first kappa shape index (κ1) is 18.0. The number of likely N-dealkylation sites (tertiary alicyclic amines) is 1. The lowest BCUT2D eigenvalue weighted by atomic mass is 9.85. The van der Waals surface area contributed by atoms with Crippen LogP contribution in [0.25, 0.3) is 0 Å². The number of ether oxygens (including phenoxy) is 1. The number of rotatable bonds is 5. The van der Waals surface area contributed by atoms with Gasteiger partial charge in [0.1, 0.15) is 6.61 Å². The molecule has 0 radical (unpaired) electrons. The van der Waals surface area contributed by atoms with E-state index in [0.29, 0.717) is 28.5 Å². The Morgan fingerprint density at radius 2 is 1.64 bits per heavy atom. The predicted octanol–water partition coefficient (Wildman–Crippen LogP) is 3.38. The zero-order valence-electron chi connectivity index (χ0n) is 13.4. The van der Waals surface area contributed by atoms with E-state index in [1.807, 2.05) is 12.2 Å². The lowest BCUT2D eigenvalue weighted by Gasteiger charge is -2.14. The molecule has 0 N–H and O–H groups in total. The number of fused-ring (bicyclic) bond motifs is 1. The molecule has 1 aliphatic heterocycles. The van der Waals surface area contributed by atoms with Crippen molar-refractivity contribution in [2.75, 3.05) is 6.54 Å². The van der Waals surface area contributed by atoms with Gasteiger partial charge < -0.3 is 4.74 Å². The van der Waals surface area contributed by atoms with Gasteiger partial charge in [-0.15, -0.1) is 0 Å². The zero-order valence-corrected chi connectivity index (χ0v) is 14.9. The summed E-state index contributed by atoms with van der Waals surface area (Å²) in [5, 5.41) is 0.837. The third-order valence-corrected chi connectivity index (χ3v) is 5.29. The first-order valence-corrected chi connectivity index (χ1v) is 8.83. The number of hydrogen-bond acceptors (Lipinski definition) is 4. The second-order valence-electron chi connectivity index (χ2n) is 6.09. The van der Waals surface area contributed by atoms with E-state index < -0.39 is 5.97 Å². The smallest absolute Gasteiger partial charge is 0.307 e. The number of carbonyl (C=O) groups excluding carboxylic acids is 3. The number of amides is 2. The molecule has 25 heavy (non-hydrogen) atoms. The average Bonchev–Trinajstić information content (AvgIpc) is 2.84. The van der Waals surface area contributed by atoms with E-state index in [4.69, 9.17) is 27.9 Å². The maximum absolute atomic E-state index is 12.3. The third-order valence-electron chi connectivity index (χ3n) is 4.58. The summed E-state index contributed by atoms with van der Waals surface area (Å²) in [6.07, 6.45) is 4.98. The summed E-state index contributed by atoms with van der Waals surface area (Å²) >= 11 is 12.0. The van der Waals surface area contributed by atoms with Gasteiger partial charge in [0.2, 0.25) is 11.8 Å². The van der Waals surface area contributed by atoms with Crippen LogP contribution in [0.1, 0.15) is 24.8 Å². The fourth-order valence-electron chi connectivity index (χ4n) is 3.19. The molecular weight excluding hydrogens is 365 g/mol. The van der Waals surface area contributed by atoms with E-state index >= 15 is 0 Å². The van der Waals surface area contributed by atoms with Crippen LogP contribution in [0.4, 0.5) is 0 Å². The zero-order chi connectivity index (χ0) is 18.0. The molecule has 0 unspecified atom stereocenters. The quantitative estimate of drug-likeness (QED) is 0.445. The van der Waals surface area contributed by atoms with Gasteiger partial charge in [-0.25, -0.2) is 0 Å². The van der Waals surface area contributed by atoms with E-state index in [2.05, 4.69) is 0 Å². The molecule has 1 fully saturated rings. The van der Waals surface area contributed by atoms with Crippen molar-refractivity contribution in [1.82, 2.24) is 4.90 Å². The maximum atomic E-state index is 12.3. The summed E-state index contributed by atoms with van der Waals surface area (Å²) in [4.78, 5) is 37.8. The number of imide groups is 1. The third kappa shape index (κ3) is 3.72. The summed E-state index contributed by atoms with van der Waals surface area (Å²) in [5.74, 6) is -1.46. The lowest BCUT2D eigenvalue weighted by Crippen LogP contribution is -2.33. The molecule has 1 heterocycles. The molecule has 5 nitrogen and oxygen atoms in total. The monoisotopic (exact) mass is 381 g/mol. The Labute approximate surface area is 155 Å². The molecule has 1 aromatic carbocycles. The van der Waals surface area contributed by atoms with E-state index in [-0.39, 0.29) is 43.2 Å². The van der Waals surface area contributed by atoms with Crippen molar-refractivity contribution in [3.63, 3.8) is 0 Å². The molecule has 0 bridgehead atoms. The molecule has 0 spiro atoms. The van der Waals surface area contributed by atoms with Crippen molar-refractivity contribution in [3.05, 3.63) is 46.0 Å². The van der Waals surface area contributed by atoms with Crippen LogP contribution in [0.3, 0.4) is 0 Å². The van der Waals surface area contributed by atoms with Gasteiger partial charge in [-0.05, 0) is 25.0 Å². The minimum Gasteiger partial charge on any atom is -0.461 e. The second kappa shape index (κ2) is 7.58. The molecule has 3 rings (SSSR count). The Balaban J connectivity index is 1.53. The number of hydrogen-bond donors (Lipinski definition) is 0. The number of benzene rings is 1. The van der Waals surface area contributed by atoms with Crippen LogP contribution in [0.15, 0.2) is 30.4 Å². The molecule has 2 atom stereocenters. The van der Waals surface area contributed by atoms with E-state index in [1.54, 1.807) is 18.2 Å². The van der Waals surface area contributed by atoms with Gasteiger partial charge in [-0.3, -0.25) is 19.3 Å². The molecule has 0 aromatic heterocycles. The normalized spacial score (nSPS) is 22.2. The van der Waals surface area contributed by atoms with Crippen molar-refractivity contribution in [2.24, 2.45) is 11.8 Å². The minimum absolute atomic E-state index is 0.0414. The Bertz CT molecular complexity index is 700. The maximum Gasteiger partial charge on any atom is 0.307 e. The molecule has 132 valence electrons. The van der Waals surface area contributed by atoms with Crippen LogP contribution >= 0.6 is 23.2 Å². The molecule has 2 amide bonds. The van der Waals surface area contributed by atoms with Crippen molar-refractivity contribution >= 4 is 41.0 Å². The Morgan fingerprint density at radius 1 is 1.08 bits per heavy atom. The topological polar surface area (TPSA) is 63.7 Å². The number of nitrogens with zero attached hydrogens (tertiary/aromatic N) is 1. The van der Waals surface area contributed by atoms with Crippen molar-refractivity contribution < 1.29 is 19.1 Å². The number of halogens is 2. The number of carbonyl (C=O) groups is 3. The van der Waals surface area contributed by atoms with E-state index in [1.165, 1.54) is 4.90 Å². The van der Waals surface area contributed by atoms with Gasteiger partial charge in [0, 0.05) is 22.2 Å². The molecular formula is C18H17Cl2NO4. The van der Waals surface area contributed by atoms with Gasteiger partial charge in [0.15, 0.2) is 0 Å². The Hall–Kier alpha value is -1.85. The summed E-state index contributed by atoms with van der Waals surface area (Å²) in [7, 11) is 0. The van der Waals surface area contributed by atoms with Gasteiger partial charge >= 0.3 is 5.97 Å².